The molecule has 178 valence electrons. The number of benzene rings is 1. The standard InChI is InChI=1S/C25H36ClNO5/c1-16-14-17(8-11-27-22(28)32-23(2,3)4)20(26)21-19(16)15-24(5,31-21)18-6-9-25(10-7-18)29-12-13-30-25/h14,18H,6-13,15H2,1-5H3,(H,27,28). The van der Waals surface area contributed by atoms with Gasteiger partial charge >= 0.3 is 6.09 Å². The minimum Gasteiger partial charge on any atom is -0.485 e. The number of aryl methyl sites for hydroxylation is 1. The summed E-state index contributed by atoms with van der Waals surface area (Å²) in [6.45, 7) is 11.7. The van der Waals surface area contributed by atoms with Crippen molar-refractivity contribution in [1.29, 1.82) is 0 Å². The number of rotatable bonds is 4. The lowest BCUT2D eigenvalue weighted by atomic mass is 9.74. The van der Waals surface area contributed by atoms with Crippen LogP contribution in [0.4, 0.5) is 4.79 Å². The Balaban J connectivity index is 1.40. The first-order chi connectivity index (χ1) is 15.0. The Morgan fingerprint density at radius 1 is 1.25 bits per heavy atom. The van der Waals surface area contributed by atoms with Crippen molar-refractivity contribution < 1.29 is 23.7 Å². The first kappa shape index (κ1) is 23.7. The molecule has 3 aliphatic rings. The lowest BCUT2D eigenvalue weighted by Gasteiger charge is -2.41. The van der Waals surface area contributed by atoms with E-state index in [-0.39, 0.29) is 11.4 Å². The predicted molar refractivity (Wildman–Crippen MR) is 123 cm³/mol. The van der Waals surface area contributed by atoms with Crippen LogP contribution >= 0.6 is 11.6 Å². The zero-order chi connectivity index (χ0) is 23.1. The molecule has 2 heterocycles. The molecule has 7 heteroatoms. The molecule has 1 aliphatic carbocycles. The maximum Gasteiger partial charge on any atom is 0.407 e. The van der Waals surface area contributed by atoms with E-state index >= 15 is 0 Å². The summed E-state index contributed by atoms with van der Waals surface area (Å²) in [6, 6.07) is 2.13. The van der Waals surface area contributed by atoms with Gasteiger partial charge in [0.15, 0.2) is 5.79 Å². The van der Waals surface area contributed by atoms with E-state index < -0.39 is 11.7 Å². The number of halogens is 1. The third-order valence-electron chi connectivity index (χ3n) is 6.97. The molecule has 1 amide bonds. The molecule has 1 N–H and O–H groups in total. The van der Waals surface area contributed by atoms with E-state index in [2.05, 4.69) is 25.2 Å². The van der Waals surface area contributed by atoms with Crippen molar-refractivity contribution >= 4 is 17.7 Å². The van der Waals surface area contributed by atoms with Crippen molar-refractivity contribution in [1.82, 2.24) is 5.32 Å². The van der Waals surface area contributed by atoms with E-state index in [1.807, 2.05) is 20.8 Å². The molecule has 1 aromatic rings. The van der Waals surface area contributed by atoms with Crippen molar-refractivity contribution in [3.63, 3.8) is 0 Å². The summed E-state index contributed by atoms with van der Waals surface area (Å²) < 4.78 is 23.7. The number of alkyl carbamates (subject to hydrolysis) is 1. The summed E-state index contributed by atoms with van der Waals surface area (Å²) in [7, 11) is 0. The van der Waals surface area contributed by atoms with E-state index in [1.54, 1.807) is 0 Å². The molecule has 1 unspecified atom stereocenters. The van der Waals surface area contributed by atoms with Crippen LogP contribution in [0, 0.1) is 12.8 Å². The smallest absolute Gasteiger partial charge is 0.407 e. The fourth-order valence-corrected chi connectivity index (χ4v) is 5.59. The molecule has 1 atom stereocenters. The molecule has 1 spiro atoms. The number of amides is 1. The van der Waals surface area contributed by atoms with Crippen molar-refractivity contribution in [2.45, 2.75) is 90.1 Å². The van der Waals surface area contributed by atoms with Gasteiger partial charge in [-0.2, -0.15) is 0 Å². The van der Waals surface area contributed by atoms with Crippen LogP contribution in [0.25, 0.3) is 0 Å². The number of hydrogen-bond acceptors (Lipinski definition) is 5. The van der Waals surface area contributed by atoms with Crippen LogP contribution in [0.2, 0.25) is 5.02 Å². The number of nitrogens with one attached hydrogen (secondary N) is 1. The molecule has 32 heavy (non-hydrogen) atoms. The quantitative estimate of drug-likeness (QED) is 0.649. The van der Waals surface area contributed by atoms with Gasteiger partial charge in [-0.15, -0.1) is 0 Å². The van der Waals surface area contributed by atoms with E-state index in [1.165, 1.54) is 11.1 Å². The van der Waals surface area contributed by atoms with Gasteiger partial charge in [0, 0.05) is 31.4 Å². The Morgan fingerprint density at radius 3 is 2.53 bits per heavy atom. The van der Waals surface area contributed by atoms with Crippen molar-refractivity contribution in [3.05, 3.63) is 27.8 Å². The summed E-state index contributed by atoms with van der Waals surface area (Å²) in [5.74, 6) is 0.886. The molecule has 4 rings (SSSR count). The molecule has 1 aromatic carbocycles. The van der Waals surface area contributed by atoms with Crippen LogP contribution in [-0.2, 0) is 27.1 Å². The van der Waals surface area contributed by atoms with E-state index in [0.717, 1.165) is 43.4 Å². The Morgan fingerprint density at radius 2 is 1.91 bits per heavy atom. The van der Waals surface area contributed by atoms with Gasteiger partial charge in [-0.1, -0.05) is 17.7 Å². The summed E-state index contributed by atoms with van der Waals surface area (Å²) in [4.78, 5) is 11.9. The molecule has 1 saturated carbocycles. The van der Waals surface area contributed by atoms with Gasteiger partial charge in [0.05, 0.1) is 18.2 Å². The van der Waals surface area contributed by atoms with Gasteiger partial charge in [-0.05, 0) is 70.9 Å². The molecule has 2 fully saturated rings. The van der Waals surface area contributed by atoms with E-state index in [0.29, 0.717) is 37.1 Å². The van der Waals surface area contributed by atoms with Gasteiger partial charge < -0.3 is 24.3 Å². The summed E-state index contributed by atoms with van der Waals surface area (Å²) in [6.07, 6.45) is 4.95. The highest BCUT2D eigenvalue weighted by Gasteiger charge is 2.49. The summed E-state index contributed by atoms with van der Waals surface area (Å²) in [5.41, 5.74) is 2.59. The SMILES string of the molecule is Cc1cc(CCNC(=O)OC(C)(C)C)c(Cl)c2c1CC(C)(C1CCC3(CC1)OCCO3)O2. The van der Waals surface area contributed by atoms with Gasteiger partial charge in [0.25, 0.3) is 0 Å². The highest BCUT2D eigenvalue weighted by Crippen LogP contribution is 2.51. The Labute approximate surface area is 196 Å². The van der Waals surface area contributed by atoms with Crippen molar-refractivity contribution in [2.24, 2.45) is 5.92 Å². The predicted octanol–water partition coefficient (Wildman–Crippen LogP) is 5.34. The lowest BCUT2D eigenvalue weighted by molar-refractivity contribution is -0.190. The maximum atomic E-state index is 11.9. The first-order valence-electron chi connectivity index (χ1n) is 11.7. The fourth-order valence-electron chi connectivity index (χ4n) is 5.29. The minimum atomic E-state index is -0.515. The highest BCUT2D eigenvalue weighted by atomic mass is 35.5. The monoisotopic (exact) mass is 465 g/mol. The molecular weight excluding hydrogens is 430 g/mol. The second-order valence-electron chi connectivity index (χ2n) is 10.6. The number of fused-ring (bicyclic) bond motifs is 1. The largest absolute Gasteiger partial charge is 0.485 e. The van der Waals surface area contributed by atoms with Gasteiger partial charge in [-0.3, -0.25) is 0 Å². The van der Waals surface area contributed by atoms with Crippen LogP contribution in [0.15, 0.2) is 6.07 Å². The van der Waals surface area contributed by atoms with Crippen molar-refractivity contribution in [2.75, 3.05) is 19.8 Å². The zero-order valence-electron chi connectivity index (χ0n) is 19.9. The second-order valence-corrected chi connectivity index (χ2v) is 11.0. The third-order valence-corrected chi connectivity index (χ3v) is 7.39. The molecule has 0 aromatic heterocycles. The maximum absolute atomic E-state index is 11.9. The molecule has 1 saturated heterocycles. The Bertz CT molecular complexity index is 864. The van der Waals surface area contributed by atoms with Crippen LogP contribution in [0.5, 0.6) is 5.75 Å². The number of carbonyl (C=O) groups excluding carboxylic acids is 1. The van der Waals surface area contributed by atoms with Crippen LogP contribution in [0.1, 0.15) is 70.1 Å². The van der Waals surface area contributed by atoms with Gasteiger partial charge in [0.2, 0.25) is 0 Å². The Hall–Kier alpha value is -1.50. The average Bonchev–Trinajstić information content (AvgIpc) is 3.30. The zero-order valence-corrected chi connectivity index (χ0v) is 20.7. The Kier molecular flexibility index (Phi) is 6.43. The third kappa shape index (κ3) is 4.87. The van der Waals surface area contributed by atoms with Gasteiger partial charge in [0.1, 0.15) is 17.0 Å². The molecular formula is C25H36ClNO5. The number of carbonyl (C=O) groups is 1. The average molecular weight is 466 g/mol. The van der Waals surface area contributed by atoms with Crippen molar-refractivity contribution in [3.8, 4) is 5.75 Å². The molecule has 6 nitrogen and oxygen atoms in total. The molecule has 0 radical (unpaired) electrons. The van der Waals surface area contributed by atoms with Gasteiger partial charge in [-0.25, -0.2) is 4.79 Å². The highest BCUT2D eigenvalue weighted by molar-refractivity contribution is 6.33. The van der Waals surface area contributed by atoms with Crippen LogP contribution < -0.4 is 10.1 Å². The summed E-state index contributed by atoms with van der Waals surface area (Å²) >= 11 is 6.80. The topological polar surface area (TPSA) is 66.0 Å². The fraction of sp³-hybridized carbons (Fsp3) is 0.720. The lowest BCUT2D eigenvalue weighted by Crippen LogP contribution is -2.45. The van der Waals surface area contributed by atoms with E-state index in [4.69, 9.17) is 30.5 Å². The first-order valence-corrected chi connectivity index (χ1v) is 12.1. The number of hydrogen-bond donors (Lipinski definition) is 1. The second kappa shape index (κ2) is 8.69. The van der Waals surface area contributed by atoms with Crippen LogP contribution in [-0.4, -0.2) is 42.8 Å². The summed E-state index contributed by atoms with van der Waals surface area (Å²) in [5, 5.41) is 3.47. The molecule has 0 bridgehead atoms. The van der Waals surface area contributed by atoms with Crippen LogP contribution in [0.3, 0.4) is 0 Å². The number of ether oxygens (including phenoxy) is 4. The van der Waals surface area contributed by atoms with E-state index in [9.17, 15) is 4.79 Å². The molecule has 2 aliphatic heterocycles. The minimum absolute atomic E-state index is 0.273. The normalized spacial score (nSPS) is 24.9.